The number of carbonyl (C=O) groups is 4. The highest BCUT2D eigenvalue weighted by molar-refractivity contribution is 5.94. The highest BCUT2D eigenvalue weighted by Gasteiger charge is 2.27. The molecular formula is C25H29N5O5. The van der Waals surface area contributed by atoms with Gasteiger partial charge in [0.25, 0.3) is 0 Å². The number of benzene rings is 2. The second kappa shape index (κ2) is 11.8. The number of carboxylic acid groups (broad SMARTS) is 1. The fraction of sp³-hybridized carbons (Fsp3) is 0.280. The zero-order valence-electron chi connectivity index (χ0n) is 19.3. The van der Waals surface area contributed by atoms with Gasteiger partial charge in [0, 0.05) is 23.5 Å². The summed E-state index contributed by atoms with van der Waals surface area (Å²) >= 11 is 0. The SMILES string of the molecule is CC(NC(=O)C(N)Cc1ccccc1)C(=O)NC(Cc1c[nH]c2ccccc12)C(=O)NCC(=O)O. The van der Waals surface area contributed by atoms with Crippen LogP contribution in [0.4, 0.5) is 0 Å². The normalized spacial score (nSPS) is 13.4. The molecule has 35 heavy (non-hydrogen) atoms. The van der Waals surface area contributed by atoms with Gasteiger partial charge in [0.15, 0.2) is 0 Å². The number of nitrogens with one attached hydrogen (secondary N) is 4. The molecule has 2 aromatic carbocycles. The topological polar surface area (TPSA) is 166 Å². The summed E-state index contributed by atoms with van der Waals surface area (Å²) in [5, 5.41) is 17.3. The van der Waals surface area contributed by atoms with Crippen LogP contribution >= 0.6 is 0 Å². The number of aromatic nitrogens is 1. The number of fused-ring (bicyclic) bond motifs is 1. The second-order valence-electron chi connectivity index (χ2n) is 8.26. The van der Waals surface area contributed by atoms with E-state index in [1.807, 2.05) is 54.6 Å². The molecule has 3 amide bonds. The molecule has 0 aliphatic rings. The van der Waals surface area contributed by atoms with Gasteiger partial charge < -0.3 is 31.8 Å². The molecule has 0 bridgehead atoms. The summed E-state index contributed by atoms with van der Waals surface area (Å²) in [4.78, 5) is 52.0. The van der Waals surface area contributed by atoms with Gasteiger partial charge in [0.1, 0.15) is 18.6 Å². The number of hydrogen-bond acceptors (Lipinski definition) is 5. The molecule has 0 fully saturated rings. The molecule has 1 aromatic heterocycles. The van der Waals surface area contributed by atoms with E-state index in [0.29, 0.717) is 6.42 Å². The monoisotopic (exact) mass is 479 g/mol. The molecule has 10 nitrogen and oxygen atoms in total. The summed E-state index contributed by atoms with van der Waals surface area (Å²) in [5.41, 5.74) is 8.52. The van der Waals surface area contributed by atoms with Crippen molar-refractivity contribution in [3.05, 3.63) is 71.9 Å². The van der Waals surface area contributed by atoms with Crippen molar-refractivity contribution in [2.45, 2.75) is 37.9 Å². The zero-order chi connectivity index (χ0) is 25.4. The number of aliphatic carboxylic acids is 1. The Morgan fingerprint density at radius 2 is 1.60 bits per heavy atom. The molecule has 3 aromatic rings. The zero-order valence-corrected chi connectivity index (χ0v) is 19.3. The minimum atomic E-state index is -1.21. The Labute approximate surface area is 202 Å². The Hall–Kier alpha value is -4.18. The van der Waals surface area contributed by atoms with Gasteiger partial charge in [-0.1, -0.05) is 48.5 Å². The average Bonchev–Trinajstić information content (AvgIpc) is 3.25. The van der Waals surface area contributed by atoms with Crippen LogP contribution in [0.1, 0.15) is 18.1 Å². The average molecular weight is 480 g/mol. The molecule has 184 valence electrons. The lowest BCUT2D eigenvalue weighted by molar-refractivity contribution is -0.138. The van der Waals surface area contributed by atoms with Crippen LogP contribution in [-0.2, 0) is 32.0 Å². The molecule has 0 aliphatic carbocycles. The predicted octanol–water partition coefficient (Wildman–Crippen LogP) is 0.471. The maximum Gasteiger partial charge on any atom is 0.322 e. The van der Waals surface area contributed by atoms with Crippen molar-refractivity contribution in [1.82, 2.24) is 20.9 Å². The fourth-order valence-corrected chi connectivity index (χ4v) is 3.66. The summed E-state index contributed by atoms with van der Waals surface area (Å²) in [6.45, 7) is 0.903. The molecule has 0 spiro atoms. The lowest BCUT2D eigenvalue weighted by atomic mass is 10.0. The Bertz CT molecular complexity index is 1190. The first-order valence-electron chi connectivity index (χ1n) is 11.2. The van der Waals surface area contributed by atoms with E-state index in [0.717, 1.165) is 22.0 Å². The number of nitrogens with two attached hydrogens (primary N) is 1. The minimum absolute atomic E-state index is 0.120. The van der Waals surface area contributed by atoms with Crippen molar-refractivity contribution in [2.24, 2.45) is 5.73 Å². The Morgan fingerprint density at radius 1 is 0.914 bits per heavy atom. The fourth-order valence-electron chi connectivity index (χ4n) is 3.66. The van der Waals surface area contributed by atoms with Crippen molar-refractivity contribution in [2.75, 3.05) is 6.54 Å². The van der Waals surface area contributed by atoms with Gasteiger partial charge in [-0.15, -0.1) is 0 Å². The molecule has 3 rings (SSSR count). The number of aromatic amines is 1. The smallest absolute Gasteiger partial charge is 0.322 e. The molecule has 0 saturated carbocycles. The third kappa shape index (κ3) is 7.15. The molecule has 1 heterocycles. The van der Waals surface area contributed by atoms with Crippen LogP contribution in [0.5, 0.6) is 0 Å². The van der Waals surface area contributed by atoms with Crippen LogP contribution < -0.4 is 21.7 Å². The lowest BCUT2D eigenvalue weighted by Gasteiger charge is -2.22. The molecular weight excluding hydrogens is 450 g/mol. The number of rotatable bonds is 11. The van der Waals surface area contributed by atoms with Crippen molar-refractivity contribution >= 4 is 34.6 Å². The number of para-hydroxylation sites is 1. The third-order valence-electron chi connectivity index (χ3n) is 5.53. The van der Waals surface area contributed by atoms with Gasteiger partial charge in [-0.3, -0.25) is 19.2 Å². The Morgan fingerprint density at radius 3 is 2.31 bits per heavy atom. The maximum absolute atomic E-state index is 12.8. The van der Waals surface area contributed by atoms with E-state index in [2.05, 4.69) is 20.9 Å². The van der Waals surface area contributed by atoms with Crippen molar-refractivity contribution in [3.63, 3.8) is 0 Å². The quantitative estimate of drug-likeness (QED) is 0.234. The first-order chi connectivity index (χ1) is 16.7. The number of carboxylic acids is 1. The number of H-pyrrole nitrogens is 1. The molecule has 0 radical (unpaired) electrons. The standard InChI is InChI=1S/C25H29N5O5/c1-15(29-24(34)19(26)11-16-7-3-2-4-8-16)23(33)30-21(25(35)28-14-22(31)32)12-17-13-27-20-10-6-5-9-18(17)20/h2-10,13,15,19,21,27H,11-12,14,26H2,1H3,(H,28,35)(H,29,34)(H,30,33)(H,31,32). The van der Waals surface area contributed by atoms with Crippen LogP contribution in [0.2, 0.25) is 0 Å². The predicted molar refractivity (Wildman–Crippen MR) is 130 cm³/mol. The van der Waals surface area contributed by atoms with E-state index in [1.165, 1.54) is 6.92 Å². The second-order valence-corrected chi connectivity index (χ2v) is 8.26. The number of amides is 3. The molecule has 3 atom stereocenters. The maximum atomic E-state index is 12.8. The first-order valence-corrected chi connectivity index (χ1v) is 11.2. The van der Waals surface area contributed by atoms with E-state index in [-0.39, 0.29) is 6.42 Å². The first kappa shape index (κ1) is 25.4. The summed E-state index contributed by atoms with van der Waals surface area (Å²) < 4.78 is 0. The number of carbonyl (C=O) groups excluding carboxylic acids is 3. The van der Waals surface area contributed by atoms with Crippen LogP contribution in [-0.4, -0.2) is 58.5 Å². The largest absolute Gasteiger partial charge is 0.480 e. The van der Waals surface area contributed by atoms with Gasteiger partial charge >= 0.3 is 5.97 Å². The van der Waals surface area contributed by atoms with Gasteiger partial charge in [0.05, 0.1) is 6.04 Å². The van der Waals surface area contributed by atoms with Crippen molar-refractivity contribution in [1.29, 1.82) is 0 Å². The van der Waals surface area contributed by atoms with Crippen LogP contribution in [0.15, 0.2) is 60.8 Å². The molecule has 7 N–H and O–H groups in total. The van der Waals surface area contributed by atoms with Gasteiger partial charge in [-0.2, -0.15) is 0 Å². The molecule has 3 unspecified atom stereocenters. The molecule has 0 aliphatic heterocycles. The van der Waals surface area contributed by atoms with E-state index in [1.54, 1.807) is 6.20 Å². The summed E-state index contributed by atoms with van der Waals surface area (Å²) in [6.07, 6.45) is 2.17. The molecule has 10 heteroatoms. The van der Waals surface area contributed by atoms with Gasteiger partial charge in [-0.25, -0.2) is 0 Å². The van der Waals surface area contributed by atoms with E-state index < -0.39 is 48.4 Å². The van der Waals surface area contributed by atoms with Crippen molar-refractivity contribution in [3.8, 4) is 0 Å². The van der Waals surface area contributed by atoms with Gasteiger partial charge in [-0.05, 0) is 30.5 Å². The Balaban J connectivity index is 1.65. The van der Waals surface area contributed by atoms with Crippen LogP contribution in [0.25, 0.3) is 10.9 Å². The lowest BCUT2D eigenvalue weighted by Crippen LogP contribution is -2.55. The van der Waals surface area contributed by atoms with E-state index in [9.17, 15) is 19.2 Å². The van der Waals surface area contributed by atoms with E-state index in [4.69, 9.17) is 10.8 Å². The van der Waals surface area contributed by atoms with E-state index >= 15 is 0 Å². The highest BCUT2D eigenvalue weighted by atomic mass is 16.4. The van der Waals surface area contributed by atoms with Gasteiger partial charge in [0.2, 0.25) is 17.7 Å². The van der Waals surface area contributed by atoms with Crippen LogP contribution in [0, 0.1) is 0 Å². The summed E-state index contributed by atoms with van der Waals surface area (Å²) in [7, 11) is 0. The minimum Gasteiger partial charge on any atom is -0.480 e. The third-order valence-corrected chi connectivity index (χ3v) is 5.53. The van der Waals surface area contributed by atoms with Crippen molar-refractivity contribution < 1.29 is 24.3 Å². The summed E-state index contributed by atoms with van der Waals surface area (Å²) in [5.74, 6) is -2.95. The molecule has 0 saturated heterocycles. The number of hydrogen-bond donors (Lipinski definition) is 6. The highest BCUT2D eigenvalue weighted by Crippen LogP contribution is 2.19. The van der Waals surface area contributed by atoms with Crippen LogP contribution in [0.3, 0.4) is 0 Å². The summed E-state index contributed by atoms with van der Waals surface area (Å²) in [6, 6.07) is 13.9. The Kier molecular flexibility index (Phi) is 8.58.